The van der Waals surface area contributed by atoms with E-state index < -0.39 is 5.97 Å². The molecule has 1 aromatic heterocycles. The maximum Gasteiger partial charge on any atom is 0.336 e. The van der Waals surface area contributed by atoms with Crippen molar-refractivity contribution >= 4 is 34.5 Å². The van der Waals surface area contributed by atoms with Gasteiger partial charge < -0.3 is 10.8 Å². The van der Waals surface area contributed by atoms with Gasteiger partial charge in [-0.3, -0.25) is 0 Å². The third-order valence-corrected chi connectivity index (χ3v) is 3.88. The molecule has 21 heavy (non-hydrogen) atoms. The normalized spacial score (nSPS) is 10.7. The van der Waals surface area contributed by atoms with Crippen molar-refractivity contribution in [1.29, 1.82) is 0 Å². The molecule has 0 aliphatic rings. The number of aromatic nitrogens is 2. The van der Waals surface area contributed by atoms with Crippen LogP contribution in [-0.2, 0) is 0 Å². The summed E-state index contributed by atoms with van der Waals surface area (Å²) >= 11 is 1.45. The van der Waals surface area contributed by atoms with Crippen molar-refractivity contribution in [2.45, 2.75) is 9.92 Å². The summed E-state index contributed by atoms with van der Waals surface area (Å²) in [5.74, 6) is -0.696. The Labute approximate surface area is 124 Å². The van der Waals surface area contributed by atoms with Crippen molar-refractivity contribution in [2.24, 2.45) is 0 Å². The molecule has 0 bridgehead atoms. The number of rotatable bonds is 3. The first-order valence-electron chi connectivity index (χ1n) is 6.16. The van der Waals surface area contributed by atoms with Gasteiger partial charge in [-0.1, -0.05) is 30.0 Å². The molecule has 0 saturated heterocycles. The minimum Gasteiger partial charge on any atom is -0.478 e. The lowest BCUT2D eigenvalue weighted by molar-refractivity contribution is 0.0699. The number of benzene rings is 2. The van der Waals surface area contributed by atoms with Gasteiger partial charge in [-0.15, -0.1) is 0 Å². The smallest absolute Gasteiger partial charge is 0.336 e. The van der Waals surface area contributed by atoms with Gasteiger partial charge in [0.25, 0.3) is 0 Å². The molecule has 0 unspecified atom stereocenters. The monoisotopic (exact) mass is 297 g/mol. The Bertz CT molecular complexity index is 836. The van der Waals surface area contributed by atoms with E-state index in [9.17, 15) is 9.90 Å². The quantitative estimate of drug-likeness (QED) is 0.722. The molecular weight excluding hydrogens is 286 g/mol. The number of nitrogens with zero attached hydrogens (tertiary/aromatic N) is 2. The summed E-state index contributed by atoms with van der Waals surface area (Å²) in [7, 11) is 0. The topological polar surface area (TPSA) is 89.1 Å². The second-order valence-electron chi connectivity index (χ2n) is 4.35. The van der Waals surface area contributed by atoms with Crippen molar-refractivity contribution in [3.05, 3.63) is 54.2 Å². The number of nitrogens with two attached hydrogens (primary N) is 1. The average Bonchev–Trinajstić information content (AvgIpc) is 2.46. The minimum absolute atomic E-state index is 0.231. The van der Waals surface area contributed by atoms with E-state index in [0.717, 1.165) is 20.7 Å². The lowest BCUT2D eigenvalue weighted by Crippen LogP contribution is -1.97. The molecule has 0 fully saturated rings. The van der Waals surface area contributed by atoms with Crippen LogP contribution in [0.1, 0.15) is 10.4 Å². The molecule has 104 valence electrons. The van der Waals surface area contributed by atoms with E-state index in [4.69, 9.17) is 5.73 Å². The summed E-state index contributed by atoms with van der Waals surface area (Å²) in [6.45, 7) is 0. The maximum absolute atomic E-state index is 11.2. The molecule has 0 spiro atoms. The first-order chi connectivity index (χ1) is 10.1. The molecule has 0 aliphatic heterocycles. The molecule has 0 atom stereocenters. The molecule has 5 nitrogen and oxygen atoms in total. The lowest BCUT2D eigenvalue weighted by atomic mass is 10.1. The van der Waals surface area contributed by atoms with Crippen LogP contribution in [0.25, 0.3) is 10.8 Å². The van der Waals surface area contributed by atoms with E-state index in [-0.39, 0.29) is 5.95 Å². The Kier molecular flexibility index (Phi) is 3.45. The van der Waals surface area contributed by atoms with Gasteiger partial charge in [0.05, 0.1) is 5.56 Å². The lowest BCUT2D eigenvalue weighted by Gasteiger charge is -2.05. The third-order valence-electron chi connectivity index (χ3n) is 2.95. The van der Waals surface area contributed by atoms with Crippen molar-refractivity contribution in [1.82, 2.24) is 9.97 Å². The number of nitrogen functional groups attached to an aromatic ring is 1. The zero-order valence-electron chi connectivity index (χ0n) is 10.9. The van der Waals surface area contributed by atoms with Gasteiger partial charge in [-0.2, -0.15) is 0 Å². The van der Waals surface area contributed by atoms with E-state index in [0.29, 0.717) is 5.56 Å². The summed E-state index contributed by atoms with van der Waals surface area (Å²) in [5, 5.41) is 11.5. The van der Waals surface area contributed by atoms with E-state index in [1.807, 2.05) is 24.3 Å². The minimum atomic E-state index is -0.926. The number of carbonyl (C=O) groups is 1. The molecule has 3 aromatic rings. The van der Waals surface area contributed by atoms with Gasteiger partial charge in [0, 0.05) is 11.1 Å². The van der Waals surface area contributed by atoms with Crippen LogP contribution in [0.5, 0.6) is 0 Å². The third kappa shape index (κ3) is 2.80. The van der Waals surface area contributed by atoms with Crippen LogP contribution in [0.15, 0.2) is 58.6 Å². The number of hydrogen-bond acceptors (Lipinski definition) is 5. The number of aromatic carboxylic acids is 1. The summed E-state index contributed by atoms with van der Waals surface area (Å²) in [6.07, 6.45) is 1.61. The highest BCUT2D eigenvalue weighted by molar-refractivity contribution is 7.99. The summed E-state index contributed by atoms with van der Waals surface area (Å²) in [6, 6.07) is 12.6. The number of fused-ring (bicyclic) bond motifs is 1. The van der Waals surface area contributed by atoms with Crippen LogP contribution in [0.3, 0.4) is 0 Å². The predicted octanol–water partition coefficient (Wildman–Crippen LogP) is 3.06. The zero-order valence-corrected chi connectivity index (χ0v) is 11.7. The molecular formula is C15H11N3O2S. The van der Waals surface area contributed by atoms with Crippen molar-refractivity contribution < 1.29 is 9.90 Å². The fraction of sp³-hybridized carbons (Fsp3) is 0. The molecule has 2 aromatic carbocycles. The maximum atomic E-state index is 11.2. The van der Waals surface area contributed by atoms with E-state index in [2.05, 4.69) is 9.97 Å². The molecule has 3 rings (SSSR count). The highest BCUT2D eigenvalue weighted by Gasteiger charge is 2.08. The SMILES string of the molecule is Nc1nccc(Sc2ccc3c(C(=O)O)cccc3c2)n1. The van der Waals surface area contributed by atoms with Gasteiger partial charge in [0.1, 0.15) is 5.03 Å². The fourth-order valence-corrected chi connectivity index (χ4v) is 2.88. The van der Waals surface area contributed by atoms with Crippen molar-refractivity contribution in [2.75, 3.05) is 5.73 Å². The average molecular weight is 297 g/mol. The van der Waals surface area contributed by atoms with Crippen LogP contribution in [0.4, 0.5) is 5.95 Å². The van der Waals surface area contributed by atoms with Crippen LogP contribution in [-0.4, -0.2) is 21.0 Å². The number of hydrogen-bond donors (Lipinski definition) is 2. The Morgan fingerprint density at radius 1 is 1.19 bits per heavy atom. The van der Waals surface area contributed by atoms with Gasteiger partial charge in [-0.05, 0) is 35.0 Å². The number of anilines is 1. The Hall–Kier alpha value is -2.60. The predicted molar refractivity (Wildman–Crippen MR) is 81.5 cm³/mol. The molecule has 6 heteroatoms. The highest BCUT2D eigenvalue weighted by Crippen LogP contribution is 2.30. The molecule has 0 saturated carbocycles. The Morgan fingerprint density at radius 3 is 2.81 bits per heavy atom. The summed E-state index contributed by atoms with van der Waals surface area (Å²) in [4.78, 5) is 20.1. The molecule has 0 aliphatic carbocycles. The van der Waals surface area contributed by atoms with Crippen molar-refractivity contribution in [3.63, 3.8) is 0 Å². The number of carboxylic acids is 1. The molecule has 0 radical (unpaired) electrons. The molecule has 0 amide bonds. The standard InChI is InChI=1S/C15H11N3O2S/c16-15-17-7-6-13(18-15)21-10-4-5-11-9(8-10)2-1-3-12(11)14(19)20/h1-8H,(H,19,20)(H2,16,17,18). The Morgan fingerprint density at radius 2 is 2.05 bits per heavy atom. The zero-order chi connectivity index (χ0) is 14.8. The first-order valence-corrected chi connectivity index (χ1v) is 6.97. The number of carboxylic acid groups (broad SMARTS) is 1. The van der Waals surface area contributed by atoms with Crippen LogP contribution in [0.2, 0.25) is 0 Å². The Balaban J connectivity index is 2.00. The van der Waals surface area contributed by atoms with Crippen molar-refractivity contribution in [3.8, 4) is 0 Å². The van der Waals surface area contributed by atoms with Gasteiger partial charge in [-0.25, -0.2) is 14.8 Å². The van der Waals surface area contributed by atoms with E-state index >= 15 is 0 Å². The van der Waals surface area contributed by atoms with Crippen LogP contribution in [0, 0.1) is 0 Å². The summed E-state index contributed by atoms with van der Waals surface area (Å²) in [5.41, 5.74) is 5.86. The fourth-order valence-electron chi connectivity index (χ4n) is 2.05. The second-order valence-corrected chi connectivity index (χ2v) is 5.44. The molecule has 3 N–H and O–H groups in total. The van der Waals surface area contributed by atoms with E-state index in [1.165, 1.54) is 11.8 Å². The van der Waals surface area contributed by atoms with Crippen LogP contribution >= 0.6 is 11.8 Å². The first kappa shape index (κ1) is 13.4. The largest absolute Gasteiger partial charge is 0.478 e. The van der Waals surface area contributed by atoms with Gasteiger partial charge in [0.2, 0.25) is 5.95 Å². The van der Waals surface area contributed by atoms with Gasteiger partial charge in [0.15, 0.2) is 0 Å². The van der Waals surface area contributed by atoms with Crippen LogP contribution < -0.4 is 5.73 Å². The molecule has 1 heterocycles. The highest BCUT2D eigenvalue weighted by atomic mass is 32.2. The summed E-state index contributed by atoms with van der Waals surface area (Å²) < 4.78 is 0. The second kappa shape index (κ2) is 5.41. The van der Waals surface area contributed by atoms with E-state index in [1.54, 1.807) is 24.4 Å². The van der Waals surface area contributed by atoms with Gasteiger partial charge >= 0.3 is 5.97 Å².